The smallest absolute Gasteiger partial charge is 0.227 e. The minimum atomic E-state index is -0.0158. The first-order chi connectivity index (χ1) is 12.6. The second kappa shape index (κ2) is 8.95. The number of nitrogens with one attached hydrogen (secondary N) is 2. The third-order valence-corrected chi connectivity index (χ3v) is 5.40. The van der Waals surface area contributed by atoms with Crippen LogP contribution >= 0.6 is 23.1 Å². The number of aromatic amines is 1. The molecule has 0 unspecified atom stereocenters. The van der Waals surface area contributed by atoms with Crippen LogP contribution in [0.5, 0.6) is 0 Å². The Balaban J connectivity index is 1.45. The van der Waals surface area contributed by atoms with Gasteiger partial charge in [-0.3, -0.25) is 9.89 Å². The van der Waals surface area contributed by atoms with E-state index in [0.29, 0.717) is 24.6 Å². The van der Waals surface area contributed by atoms with E-state index >= 15 is 0 Å². The maximum Gasteiger partial charge on any atom is 0.227 e. The van der Waals surface area contributed by atoms with Crippen molar-refractivity contribution in [2.75, 3.05) is 0 Å². The Hall–Kier alpha value is -2.19. The molecule has 0 spiro atoms. The molecule has 0 aliphatic rings. The zero-order valence-electron chi connectivity index (χ0n) is 14.7. The van der Waals surface area contributed by atoms with Crippen LogP contribution in [0.1, 0.15) is 41.9 Å². The van der Waals surface area contributed by atoms with E-state index in [1.807, 2.05) is 35.7 Å². The predicted octanol–water partition coefficient (Wildman–Crippen LogP) is 3.54. The van der Waals surface area contributed by atoms with Gasteiger partial charge >= 0.3 is 0 Å². The fraction of sp³-hybridized carbons (Fsp3) is 0.333. The molecule has 0 radical (unpaired) electrons. The number of carbonyl (C=O) groups excluding carboxylic acids is 1. The van der Waals surface area contributed by atoms with Crippen molar-refractivity contribution in [3.63, 3.8) is 0 Å². The molecule has 2 N–H and O–H groups in total. The van der Waals surface area contributed by atoms with Gasteiger partial charge in [0.25, 0.3) is 0 Å². The molecule has 0 saturated heterocycles. The quantitative estimate of drug-likeness (QED) is 0.578. The molecule has 2 heterocycles. The molecule has 0 saturated carbocycles. The molecule has 0 atom stereocenters. The summed E-state index contributed by atoms with van der Waals surface area (Å²) in [6, 6.07) is 9.87. The summed E-state index contributed by atoms with van der Waals surface area (Å²) >= 11 is 3.05. The van der Waals surface area contributed by atoms with Gasteiger partial charge in [-0.1, -0.05) is 55.9 Å². The van der Waals surface area contributed by atoms with Gasteiger partial charge in [-0.2, -0.15) is 0 Å². The lowest BCUT2D eigenvalue weighted by Gasteiger charge is -2.03. The first-order valence-corrected chi connectivity index (χ1v) is 10.3. The van der Waals surface area contributed by atoms with E-state index in [1.165, 1.54) is 11.3 Å². The number of carbonyl (C=O) groups is 1. The normalized spacial score (nSPS) is 11.0. The van der Waals surface area contributed by atoms with Gasteiger partial charge in [0.2, 0.25) is 11.1 Å². The third kappa shape index (κ3) is 5.40. The highest BCUT2D eigenvalue weighted by molar-refractivity contribution is 7.98. The van der Waals surface area contributed by atoms with Crippen molar-refractivity contribution in [3.05, 3.63) is 57.8 Å². The largest absolute Gasteiger partial charge is 0.352 e. The van der Waals surface area contributed by atoms with E-state index in [2.05, 4.69) is 39.3 Å². The molecule has 1 amide bonds. The average molecular weight is 388 g/mol. The van der Waals surface area contributed by atoms with Crippen LogP contribution in [0, 0.1) is 0 Å². The number of hydrogen-bond acceptors (Lipinski definition) is 6. The van der Waals surface area contributed by atoms with Crippen LogP contribution < -0.4 is 5.32 Å². The van der Waals surface area contributed by atoms with Gasteiger partial charge in [0.15, 0.2) is 0 Å². The van der Waals surface area contributed by atoms with Crippen LogP contribution in [0.4, 0.5) is 0 Å². The number of rotatable bonds is 8. The second-order valence-electron chi connectivity index (χ2n) is 6.12. The maximum atomic E-state index is 12.1. The lowest BCUT2D eigenvalue weighted by Crippen LogP contribution is -2.24. The second-order valence-corrected chi connectivity index (χ2v) is 8.00. The van der Waals surface area contributed by atoms with E-state index < -0.39 is 0 Å². The Morgan fingerprint density at radius 1 is 1.27 bits per heavy atom. The third-order valence-electron chi connectivity index (χ3n) is 3.62. The molecule has 3 rings (SSSR count). The number of benzene rings is 1. The number of H-pyrrole nitrogens is 1. The van der Waals surface area contributed by atoms with Crippen LogP contribution in [0.15, 0.2) is 40.9 Å². The number of thiazole rings is 1. The number of hydrogen-bond donors (Lipinski definition) is 2. The SMILES string of the molecule is CC(C)c1nc(SCc2csc(CC(=O)NCc3ccccc3)n2)n[nH]1. The van der Waals surface area contributed by atoms with Gasteiger partial charge in [0, 0.05) is 23.6 Å². The molecular weight excluding hydrogens is 366 g/mol. The Bertz CT molecular complexity index is 844. The summed E-state index contributed by atoms with van der Waals surface area (Å²) < 4.78 is 0. The maximum absolute atomic E-state index is 12.1. The summed E-state index contributed by atoms with van der Waals surface area (Å²) in [6.07, 6.45) is 0.306. The first kappa shape index (κ1) is 18.6. The molecule has 8 heteroatoms. The fourth-order valence-electron chi connectivity index (χ4n) is 2.21. The molecule has 26 heavy (non-hydrogen) atoms. The molecule has 0 bridgehead atoms. The van der Waals surface area contributed by atoms with Crippen LogP contribution in [0.3, 0.4) is 0 Å². The molecule has 0 aliphatic heterocycles. The molecule has 6 nitrogen and oxygen atoms in total. The monoisotopic (exact) mass is 387 g/mol. The summed E-state index contributed by atoms with van der Waals surface area (Å²) in [4.78, 5) is 21.0. The highest BCUT2D eigenvalue weighted by atomic mass is 32.2. The first-order valence-electron chi connectivity index (χ1n) is 8.39. The Morgan fingerprint density at radius 2 is 2.08 bits per heavy atom. The van der Waals surface area contributed by atoms with Crippen molar-refractivity contribution >= 4 is 29.0 Å². The topological polar surface area (TPSA) is 83.6 Å². The zero-order valence-corrected chi connectivity index (χ0v) is 16.4. The molecule has 2 aromatic heterocycles. The van der Waals surface area contributed by atoms with Crippen LogP contribution in [-0.2, 0) is 23.5 Å². The van der Waals surface area contributed by atoms with Gasteiger partial charge in [0.1, 0.15) is 10.8 Å². The van der Waals surface area contributed by atoms with Gasteiger partial charge in [-0.25, -0.2) is 9.97 Å². The standard InChI is InChI=1S/C18H21N5OS2/c1-12(2)17-21-18(23-22-17)26-11-14-10-25-16(20-14)8-15(24)19-9-13-6-4-3-5-7-13/h3-7,10,12H,8-9,11H2,1-2H3,(H,19,24)(H,21,22,23). The van der Waals surface area contributed by atoms with E-state index in [0.717, 1.165) is 27.2 Å². The number of amides is 1. The van der Waals surface area contributed by atoms with Gasteiger partial charge in [-0.05, 0) is 5.56 Å². The Labute approximate surface area is 160 Å². The molecule has 1 aromatic carbocycles. The van der Waals surface area contributed by atoms with Crippen molar-refractivity contribution in [1.29, 1.82) is 0 Å². The predicted molar refractivity (Wildman–Crippen MR) is 104 cm³/mol. The molecular formula is C18H21N5OS2. The molecule has 136 valence electrons. The van der Waals surface area contributed by atoms with Gasteiger partial charge < -0.3 is 5.32 Å². The van der Waals surface area contributed by atoms with Crippen LogP contribution in [0.25, 0.3) is 0 Å². The van der Waals surface area contributed by atoms with Gasteiger partial charge in [-0.15, -0.1) is 16.4 Å². The van der Waals surface area contributed by atoms with E-state index in [1.54, 1.807) is 11.8 Å². The average Bonchev–Trinajstić information content (AvgIpc) is 3.28. The zero-order chi connectivity index (χ0) is 18.4. The fourth-order valence-corrected chi connectivity index (χ4v) is 3.81. The van der Waals surface area contributed by atoms with Crippen molar-refractivity contribution < 1.29 is 4.79 Å². The number of aromatic nitrogens is 4. The van der Waals surface area contributed by atoms with E-state index in [-0.39, 0.29) is 5.91 Å². The Morgan fingerprint density at radius 3 is 2.81 bits per heavy atom. The summed E-state index contributed by atoms with van der Waals surface area (Å²) in [5.41, 5.74) is 2.03. The summed E-state index contributed by atoms with van der Waals surface area (Å²) in [6.45, 7) is 4.69. The van der Waals surface area contributed by atoms with Crippen molar-refractivity contribution in [1.82, 2.24) is 25.5 Å². The van der Waals surface area contributed by atoms with Crippen molar-refractivity contribution in [2.45, 2.75) is 43.6 Å². The molecule has 3 aromatic rings. The van der Waals surface area contributed by atoms with Crippen molar-refractivity contribution in [2.24, 2.45) is 0 Å². The summed E-state index contributed by atoms with van der Waals surface area (Å²) in [5, 5.41) is 13.6. The summed E-state index contributed by atoms with van der Waals surface area (Å²) in [7, 11) is 0. The lowest BCUT2D eigenvalue weighted by molar-refractivity contribution is -0.120. The Kier molecular flexibility index (Phi) is 6.40. The van der Waals surface area contributed by atoms with E-state index in [9.17, 15) is 4.79 Å². The van der Waals surface area contributed by atoms with E-state index in [4.69, 9.17) is 0 Å². The highest BCUT2D eigenvalue weighted by Crippen LogP contribution is 2.22. The molecule has 0 fully saturated rings. The minimum absolute atomic E-state index is 0.0158. The van der Waals surface area contributed by atoms with Crippen molar-refractivity contribution in [3.8, 4) is 0 Å². The minimum Gasteiger partial charge on any atom is -0.352 e. The van der Waals surface area contributed by atoms with Crippen LogP contribution in [0.2, 0.25) is 0 Å². The lowest BCUT2D eigenvalue weighted by atomic mass is 10.2. The van der Waals surface area contributed by atoms with Gasteiger partial charge in [0.05, 0.1) is 12.1 Å². The highest BCUT2D eigenvalue weighted by Gasteiger charge is 2.11. The van der Waals surface area contributed by atoms with Crippen LogP contribution in [-0.4, -0.2) is 26.1 Å². The molecule has 0 aliphatic carbocycles. The summed E-state index contributed by atoms with van der Waals surface area (Å²) in [5.74, 6) is 1.90. The number of nitrogens with zero attached hydrogens (tertiary/aromatic N) is 3. The number of thioether (sulfide) groups is 1.